The van der Waals surface area contributed by atoms with E-state index >= 15 is 0 Å². The van der Waals surface area contributed by atoms with Crippen LogP contribution in [0, 0.1) is 0 Å². The molecule has 0 saturated heterocycles. The van der Waals surface area contributed by atoms with Crippen molar-refractivity contribution in [1.82, 2.24) is 9.62 Å². The largest absolute Gasteiger partial charge is 0.355 e. The number of hydrogen-bond donors (Lipinski definition) is 1. The maximum absolute atomic E-state index is 12.1. The number of sulfonamides is 1. The van der Waals surface area contributed by atoms with Crippen molar-refractivity contribution in [2.45, 2.75) is 13.0 Å². The Kier molecular flexibility index (Phi) is 6.99. The van der Waals surface area contributed by atoms with E-state index in [2.05, 4.69) is 5.32 Å². The van der Waals surface area contributed by atoms with Crippen LogP contribution in [0.1, 0.15) is 11.1 Å². The Labute approximate surface area is 153 Å². The van der Waals surface area contributed by atoms with E-state index in [0.29, 0.717) is 23.6 Å². The summed E-state index contributed by atoms with van der Waals surface area (Å²) in [5, 5.41) is 3.23. The Hall–Kier alpha value is -1.89. The van der Waals surface area contributed by atoms with Gasteiger partial charge >= 0.3 is 0 Å². The highest BCUT2D eigenvalue weighted by Gasteiger charge is 2.21. The molecule has 1 amide bonds. The molecule has 134 valence electrons. The van der Waals surface area contributed by atoms with Crippen LogP contribution in [0.5, 0.6) is 0 Å². The molecule has 0 saturated carbocycles. The number of nitrogens with one attached hydrogen (secondary N) is 1. The van der Waals surface area contributed by atoms with Crippen molar-refractivity contribution in [3.05, 3.63) is 70.7 Å². The molecule has 0 heterocycles. The second kappa shape index (κ2) is 8.99. The van der Waals surface area contributed by atoms with E-state index in [1.165, 1.54) is 0 Å². The van der Waals surface area contributed by atoms with Gasteiger partial charge in [-0.25, -0.2) is 8.42 Å². The first kappa shape index (κ1) is 19.4. The van der Waals surface area contributed by atoms with E-state index in [1.807, 2.05) is 30.3 Å². The average Bonchev–Trinajstić information content (AvgIpc) is 2.56. The van der Waals surface area contributed by atoms with Gasteiger partial charge in [-0.3, -0.25) is 4.79 Å². The molecule has 0 atom stereocenters. The van der Waals surface area contributed by atoms with Crippen molar-refractivity contribution in [2.75, 3.05) is 19.3 Å². The fraction of sp³-hybridized carbons (Fsp3) is 0.278. The van der Waals surface area contributed by atoms with E-state index in [4.69, 9.17) is 11.6 Å². The number of rotatable bonds is 8. The van der Waals surface area contributed by atoms with Crippen LogP contribution in [0.4, 0.5) is 0 Å². The lowest BCUT2D eigenvalue weighted by Crippen LogP contribution is -2.40. The van der Waals surface area contributed by atoms with Crippen molar-refractivity contribution in [1.29, 1.82) is 0 Å². The van der Waals surface area contributed by atoms with Gasteiger partial charge in [0.2, 0.25) is 15.9 Å². The lowest BCUT2D eigenvalue weighted by molar-refractivity contribution is -0.121. The minimum Gasteiger partial charge on any atom is -0.355 e. The van der Waals surface area contributed by atoms with Gasteiger partial charge in [0, 0.05) is 18.1 Å². The van der Waals surface area contributed by atoms with Crippen molar-refractivity contribution >= 4 is 27.5 Å². The Morgan fingerprint density at radius 2 is 1.72 bits per heavy atom. The van der Waals surface area contributed by atoms with Crippen LogP contribution in [-0.2, 0) is 27.8 Å². The topological polar surface area (TPSA) is 66.5 Å². The Balaban J connectivity index is 1.93. The lowest BCUT2D eigenvalue weighted by atomic mass is 10.1. The van der Waals surface area contributed by atoms with Gasteiger partial charge < -0.3 is 5.32 Å². The molecule has 7 heteroatoms. The maximum atomic E-state index is 12.1. The summed E-state index contributed by atoms with van der Waals surface area (Å²) >= 11 is 6.08. The number of halogens is 1. The van der Waals surface area contributed by atoms with Crippen molar-refractivity contribution < 1.29 is 13.2 Å². The van der Waals surface area contributed by atoms with Crippen molar-refractivity contribution in [2.24, 2.45) is 0 Å². The van der Waals surface area contributed by atoms with Crippen LogP contribution in [0.2, 0.25) is 5.02 Å². The number of nitrogens with zero attached hydrogens (tertiary/aromatic N) is 1. The van der Waals surface area contributed by atoms with Crippen LogP contribution in [0.3, 0.4) is 0 Å². The molecule has 0 aliphatic carbocycles. The monoisotopic (exact) mass is 380 g/mol. The van der Waals surface area contributed by atoms with Crippen molar-refractivity contribution in [3.8, 4) is 0 Å². The van der Waals surface area contributed by atoms with Crippen molar-refractivity contribution in [3.63, 3.8) is 0 Å². The predicted octanol–water partition coefficient (Wildman–Crippen LogP) is 2.46. The highest BCUT2D eigenvalue weighted by molar-refractivity contribution is 7.88. The third-order valence-corrected chi connectivity index (χ3v) is 5.24. The molecule has 5 nitrogen and oxygen atoms in total. The van der Waals surface area contributed by atoms with Gasteiger partial charge in [0.25, 0.3) is 0 Å². The quantitative estimate of drug-likeness (QED) is 0.765. The van der Waals surface area contributed by atoms with E-state index < -0.39 is 10.0 Å². The first-order valence-corrected chi connectivity index (χ1v) is 10.1. The molecular formula is C18H21ClN2O3S. The number of carbonyl (C=O) groups is 1. The third-order valence-electron chi connectivity index (χ3n) is 3.67. The Bertz CT molecular complexity index is 810. The lowest BCUT2D eigenvalue weighted by Gasteiger charge is -2.20. The average molecular weight is 381 g/mol. The summed E-state index contributed by atoms with van der Waals surface area (Å²) in [5.41, 5.74) is 1.77. The SMILES string of the molecule is CS(=O)(=O)N(CC(=O)NCCc1ccccc1)Cc1ccccc1Cl. The molecule has 0 unspecified atom stereocenters. The highest BCUT2D eigenvalue weighted by atomic mass is 35.5. The molecule has 0 bridgehead atoms. The zero-order chi connectivity index (χ0) is 18.3. The maximum Gasteiger partial charge on any atom is 0.235 e. The van der Waals surface area contributed by atoms with Gasteiger partial charge in [-0.1, -0.05) is 60.1 Å². The van der Waals surface area contributed by atoms with E-state index in [-0.39, 0.29) is 19.0 Å². The first-order chi connectivity index (χ1) is 11.9. The third kappa shape index (κ3) is 6.49. The van der Waals surface area contributed by atoms with Gasteiger partial charge in [0.1, 0.15) is 0 Å². The molecule has 2 rings (SSSR count). The molecule has 0 aromatic heterocycles. The van der Waals surface area contributed by atoms with Gasteiger partial charge in [-0.2, -0.15) is 4.31 Å². The Morgan fingerprint density at radius 1 is 1.08 bits per heavy atom. The smallest absolute Gasteiger partial charge is 0.235 e. The second-order valence-corrected chi connectivity index (χ2v) is 8.10. The summed E-state index contributed by atoms with van der Waals surface area (Å²) in [6, 6.07) is 16.7. The normalized spacial score (nSPS) is 11.5. The van der Waals surface area contributed by atoms with Crippen LogP contribution in [0.15, 0.2) is 54.6 Å². The standard InChI is InChI=1S/C18H21ClN2O3S/c1-25(23,24)21(13-16-9-5-6-10-17(16)19)14-18(22)20-12-11-15-7-3-2-4-8-15/h2-10H,11-14H2,1H3,(H,20,22). The molecule has 0 fully saturated rings. The molecule has 0 spiro atoms. The summed E-state index contributed by atoms with van der Waals surface area (Å²) < 4.78 is 25.1. The van der Waals surface area contributed by atoms with E-state index in [9.17, 15) is 13.2 Å². The summed E-state index contributed by atoms with van der Waals surface area (Å²) in [6.07, 6.45) is 1.77. The molecule has 2 aromatic carbocycles. The van der Waals surface area contributed by atoms with E-state index in [0.717, 1.165) is 16.1 Å². The fourth-order valence-corrected chi connectivity index (χ4v) is 3.23. The molecule has 2 aromatic rings. The number of hydrogen-bond acceptors (Lipinski definition) is 3. The second-order valence-electron chi connectivity index (χ2n) is 5.71. The number of amides is 1. The zero-order valence-electron chi connectivity index (χ0n) is 14.0. The minimum atomic E-state index is -3.54. The first-order valence-electron chi connectivity index (χ1n) is 7.85. The summed E-state index contributed by atoms with van der Waals surface area (Å²) in [4.78, 5) is 12.1. The molecule has 0 radical (unpaired) electrons. The zero-order valence-corrected chi connectivity index (χ0v) is 15.6. The van der Waals surface area contributed by atoms with Gasteiger partial charge in [-0.05, 0) is 23.6 Å². The fourth-order valence-electron chi connectivity index (χ4n) is 2.31. The number of benzene rings is 2. The molecule has 0 aliphatic rings. The van der Waals surface area contributed by atoms with E-state index in [1.54, 1.807) is 24.3 Å². The highest BCUT2D eigenvalue weighted by Crippen LogP contribution is 2.18. The van der Waals surface area contributed by atoms with Gasteiger partial charge in [-0.15, -0.1) is 0 Å². The summed E-state index contributed by atoms with van der Waals surface area (Å²) in [6.45, 7) is 0.274. The van der Waals surface area contributed by atoms with Gasteiger partial charge in [0.15, 0.2) is 0 Å². The summed E-state index contributed by atoms with van der Waals surface area (Å²) in [5.74, 6) is -0.339. The van der Waals surface area contributed by atoms with Crippen LogP contribution in [0.25, 0.3) is 0 Å². The summed E-state index contributed by atoms with van der Waals surface area (Å²) in [7, 11) is -3.54. The number of carbonyl (C=O) groups excluding carboxylic acids is 1. The molecule has 0 aliphatic heterocycles. The molecule has 25 heavy (non-hydrogen) atoms. The molecular weight excluding hydrogens is 360 g/mol. The van der Waals surface area contributed by atoms with Gasteiger partial charge in [0.05, 0.1) is 12.8 Å². The molecule has 1 N–H and O–H groups in total. The Morgan fingerprint density at radius 3 is 2.36 bits per heavy atom. The van der Waals surface area contributed by atoms with Crippen LogP contribution < -0.4 is 5.32 Å². The minimum absolute atomic E-state index is 0.0601. The van der Waals surface area contributed by atoms with Crippen LogP contribution in [-0.4, -0.2) is 38.0 Å². The predicted molar refractivity (Wildman–Crippen MR) is 99.9 cm³/mol. The van der Waals surface area contributed by atoms with Crippen LogP contribution >= 0.6 is 11.6 Å².